The van der Waals surface area contributed by atoms with Gasteiger partial charge in [0.1, 0.15) is 11.5 Å². The Morgan fingerprint density at radius 2 is 1.68 bits per heavy atom. The highest BCUT2D eigenvalue weighted by Gasteiger charge is 2.14. The molecule has 0 unspecified atom stereocenters. The van der Waals surface area contributed by atoms with Gasteiger partial charge in [-0.3, -0.25) is 9.36 Å². The van der Waals surface area contributed by atoms with E-state index >= 15 is 0 Å². The molecule has 0 aliphatic heterocycles. The van der Waals surface area contributed by atoms with Crippen molar-refractivity contribution in [2.45, 2.75) is 0 Å². The molecule has 3 heterocycles. The maximum atomic E-state index is 12.9. The quantitative estimate of drug-likeness (QED) is 0.517. The average Bonchev–Trinajstić information content (AvgIpc) is 3.19. The number of nitrogens with two attached hydrogens (primary N) is 1. The molecule has 0 saturated heterocycles. The second-order valence-corrected chi connectivity index (χ2v) is 6.61. The number of hydrogen-bond acceptors (Lipinski definition) is 5. The molecule has 5 rings (SSSR count). The fraction of sp³-hybridized carbons (Fsp3) is 0.0476. The first-order valence-corrected chi connectivity index (χ1v) is 8.79. The predicted octanol–water partition coefficient (Wildman–Crippen LogP) is 2.89. The van der Waals surface area contributed by atoms with Crippen LogP contribution in [0.25, 0.3) is 39.1 Å². The van der Waals surface area contributed by atoms with Crippen molar-refractivity contribution >= 4 is 22.4 Å². The molecule has 7 nitrogen and oxygen atoms in total. The van der Waals surface area contributed by atoms with E-state index in [0.717, 1.165) is 28.0 Å². The number of rotatable bonds is 2. The first kappa shape index (κ1) is 16.2. The Hall–Kier alpha value is -4.00. The summed E-state index contributed by atoms with van der Waals surface area (Å²) in [4.78, 5) is 12.9. The van der Waals surface area contributed by atoms with Crippen LogP contribution in [0.3, 0.4) is 0 Å². The molecule has 0 fully saturated rings. The van der Waals surface area contributed by atoms with Gasteiger partial charge in [0, 0.05) is 24.2 Å². The third kappa shape index (κ3) is 2.44. The summed E-state index contributed by atoms with van der Waals surface area (Å²) in [5.74, 6) is 0.361. The highest BCUT2D eigenvalue weighted by Crippen LogP contribution is 2.25. The number of nitrogen functional groups attached to an aromatic ring is 1. The van der Waals surface area contributed by atoms with Crippen LogP contribution in [0.2, 0.25) is 0 Å². The van der Waals surface area contributed by atoms with Gasteiger partial charge in [0.2, 0.25) is 0 Å². The van der Waals surface area contributed by atoms with E-state index in [2.05, 4.69) is 10.2 Å². The summed E-state index contributed by atoms with van der Waals surface area (Å²) in [5, 5.41) is 13.4. The van der Waals surface area contributed by atoms with Crippen molar-refractivity contribution in [1.29, 1.82) is 0 Å². The number of nitrogens with zero attached hydrogens (tertiary/aromatic N) is 5. The molecule has 7 heteroatoms. The molecule has 0 bridgehead atoms. The first-order chi connectivity index (χ1) is 13.6. The van der Waals surface area contributed by atoms with Crippen LogP contribution in [-0.4, -0.2) is 24.4 Å². The molecular weight excluding hydrogens is 352 g/mol. The van der Waals surface area contributed by atoms with Gasteiger partial charge in [-0.2, -0.15) is 5.10 Å². The van der Waals surface area contributed by atoms with Gasteiger partial charge in [-0.1, -0.05) is 36.4 Å². The predicted molar refractivity (Wildman–Crippen MR) is 109 cm³/mol. The Balaban J connectivity index is 1.81. The average molecular weight is 368 g/mol. The van der Waals surface area contributed by atoms with Crippen molar-refractivity contribution < 1.29 is 0 Å². The van der Waals surface area contributed by atoms with Crippen molar-refractivity contribution in [3.63, 3.8) is 0 Å². The Kier molecular flexibility index (Phi) is 3.48. The number of fused-ring (bicyclic) bond motifs is 3. The van der Waals surface area contributed by atoms with Crippen molar-refractivity contribution in [2.24, 2.45) is 7.05 Å². The first-order valence-electron chi connectivity index (χ1n) is 8.79. The smallest absolute Gasteiger partial charge is 0.261 e. The number of anilines is 1. The molecule has 0 saturated carbocycles. The van der Waals surface area contributed by atoms with Crippen LogP contribution in [0.4, 0.5) is 5.82 Å². The molecule has 0 aliphatic rings. The number of hydrogen-bond donors (Lipinski definition) is 1. The van der Waals surface area contributed by atoms with Crippen LogP contribution in [0.15, 0.2) is 71.5 Å². The third-order valence-electron chi connectivity index (χ3n) is 4.85. The van der Waals surface area contributed by atoms with Crippen molar-refractivity contribution in [3.8, 4) is 22.5 Å². The highest BCUT2D eigenvalue weighted by molar-refractivity contribution is 5.85. The van der Waals surface area contributed by atoms with E-state index in [-0.39, 0.29) is 5.56 Å². The standard InChI is InChI=1S/C21H16N6O/c1-26-20-12-17(13-5-3-2-4-6-13)25-27(20)18-11-14(7-8-15(18)21(26)28)16-9-10-19(22)24-23-16/h2-12H,1H3,(H2,22,24). The summed E-state index contributed by atoms with van der Waals surface area (Å²) < 4.78 is 3.41. The van der Waals surface area contributed by atoms with E-state index in [9.17, 15) is 4.79 Å². The molecule has 2 N–H and O–H groups in total. The fourth-order valence-electron chi connectivity index (χ4n) is 3.37. The van der Waals surface area contributed by atoms with Gasteiger partial charge in [0.25, 0.3) is 5.56 Å². The van der Waals surface area contributed by atoms with E-state index in [4.69, 9.17) is 10.8 Å². The molecule has 0 spiro atoms. The highest BCUT2D eigenvalue weighted by atomic mass is 16.1. The molecule has 2 aromatic carbocycles. The van der Waals surface area contributed by atoms with E-state index in [0.29, 0.717) is 16.9 Å². The molecule has 0 radical (unpaired) electrons. The monoisotopic (exact) mass is 368 g/mol. The summed E-state index contributed by atoms with van der Waals surface area (Å²) >= 11 is 0. The zero-order valence-electron chi connectivity index (χ0n) is 15.1. The van der Waals surface area contributed by atoms with Crippen LogP contribution in [0.1, 0.15) is 0 Å². The molecule has 3 aromatic heterocycles. The fourth-order valence-corrected chi connectivity index (χ4v) is 3.37. The minimum atomic E-state index is -0.0723. The van der Waals surface area contributed by atoms with Crippen molar-refractivity contribution in [3.05, 3.63) is 77.1 Å². The summed E-state index contributed by atoms with van der Waals surface area (Å²) in [7, 11) is 1.76. The van der Waals surface area contributed by atoms with E-state index in [1.165, 1.54) is 0 Å². The lowest BCUT2D eigenvalue weighted by Gasteiger charge is -2.08. The third-order valence-corrected chi connectivity index (χ3v) is 4.85. The molecule has 5 aromatic rings. The number of aromatic nitrogens is 5. The SMILES string of the molecule is Cn1c(=O)c2ccc(-c3ccc(N)nn3)cc2n2nc(-c3ccccc3)cc12. The van der Waals surface area contributed by atoms with Crippen LogP contribution in [0, 0.1) is 0 Å². The molecular formula is C21H16N6O. The normalized spacial score (nSPS) is 11.3. The van der Waals surface area contributed by atoms with Crippen molar-refractivity contribution in [2.75, 3.05) is 5.73 Å². The van der Waals surface area contributed by atoms with Crippen LogP contribution in [0.5, 0.6) is 0 Å². The Morgan fingerprint density at radius 3 is 2.43 bits per heavy atom. The molecule has 0 atom stereocenters. The Labute approximate surface area is 159 Å². The van der Waals surface area contributed by atoms with Crippen LogP contribution < -0.4 is 11.3 Å². The topological polar surface area (TPSA) is 91.1 Å². The lowest BCUT2D eigenvalue weighted by molar-refractivity contribution is 0.850. The minimum Gasteiger partial charge on any atom is -0.382 e. The van der Waals surface area contributed by atoms with E-state index < -0.39 is 0 Å². The maximum absolute atomic E-state index is 12.9. The lowest BCUT2D eigenvalue weighted by atomic mass is 10.1. The van der Waals surface area contributed by atoms with Gasteiger partial charge in [-0.15, -0.1) is 10.2 Å². The van der Waals surface area contributed by atoms with E-state index in [1.807, 2.05) is 48.5 Å². The lowest BCUT2D eigenvalue weighted by Crippen LogP contribution is -2.19. The second kappa shape index (κ2) is 6.02. The van der Waals surface area contributed by atoms with Gasteiger partial charge in [0.05, 0.1) is 22.3 Å². The summed E-state index contributed by atoms with van der Waals surface area (Å²) in [6.45, 7) is 0. The van der Waals surface area contributed by atoms with Crippen LogP contribution in [-0.2, 0) is 7.05 Å². The molecule has 28 heavy (non-hydrogen) atoms. The summed E-state index contributed by atoms with van der Waals surface area (Å²) in [6.07, 6.45) is 0. The number of benzene rings is 2. The van der Waals surface area contributed by atoms with Gasteiger partial charge >= 0.3 is 0 Å². The summed E-state index contributed by atoms with van der Waals surface area (Å²) in [5.41, 5.74) is 10.3. The Morgan fingerprint density at radius 1 is 0.857 bits per heavy atom. The van der Waals surface area contributed by atoms with Gasteiger partial charge < -0.3 is 5.73 Å². The van der Waals surface area contributed by atoms with Gasteiger partial charge in [0.15, 0.2) is 0 Å². The zero-order valence-corrected chi connectivity index (χ0v) is 15.1. The second-order valence-electron chi connectivity index (χ2n) is 6.61. The van der Waals surface area contributed by atoms with Crippen LogP contribution >= 0.6 is 0 Å². The van der Waals surface area contributed by atoms with E-state index in [1.54, 1.807) is 34.3 Å². The molecule has 136 valence electrons. The van der Waals surface area contributed by atoms with Gasteiger partial charge in [-0.05, 0) is 24.3 Å². The summed E-state index contributed by atoms with van der Waals surface area (Å²) in [6, 6.07) is 20.9. The zero-order chi connectivity index (χ0) is 19.3. The molecule has 0 aliphatic carbocycles. The van der Waals surface area contributed by atoms with Gasteiger partial charge in [-0.25, -0.2) is 4.52 Å². The maximum Gasteiger partial charge on any atom is 0.261 e. The van der Waals surface area contributed by atoms with Crippen molar-refractivity contribution in [1.82, 2.24) is 24.4 Å². The minimum absolute atomic E-state index is 0.0723. The largest absolute Gasteiger partial charge is 0.382 e. The molecule has 0 amide bonds. The number of aryl methyl sites for hydroxylation is 1. The Bertz CT molecular complexity index is 1380.